The minimum atomic E-state index is -0.489. The summed E-state index contributed by atoms with van der Waals surface area (Å²) in [7, 11) is 0. The molecule has 0 N–H and O–H groups in total. The van der Waals surface area contributed by atoms with Crippen LogP contribution in [-0.4, -0.2) is 19.6 Å². The Balaban J connectivity index is 2.14. The number of hydrogen-bond donors (Lipinski definition) is 0. The summed E-state index contributed by atoms with van der Waals surface area (Å²) >= 11 is 0. The van der Waals surface area contributed by atoms with E-state index in [0.717, 1.165) is 16.8 Å². The Morgan fingerprint density at radius 3 is 2.69 bits per heavy atom. The lowest BCUT2D eigenvalue weighted by Crippen LogP contribution is -1.91. The van der Waals surface area contributed by atoms with Gasteiger partial charge in [0.05, 0.1) is 6.20 Å². The molecular weight excluding hydrogens is 207 g/mol. The summed E-state index contributed by atoms with van der Waals surface area (Å²) in [5.74, 6) is -0.489. The number of hydrogen-bond acceptors (Lipinski definition) is 3. The molecule has 5 heteroatoms. The van der Waals surface area contributed by atoms with Crippen molar-refractivity contribution in [1.29, 1.82) is 0 Å². The second-order valence-corrected chi connectivity index (χ2v) is 3.35. The zero-order chi connectivity index (χ0) is 11.0. The topological polar surface area (TPSA) is 43.1 Å². The average Bonchev–Trinajstić information content (AvgIpc) is 2.77. The highest BCUT2D eigenvalue weighted by Crippen LogP contribution is 2.17. The van der Waals surface area contributed by atoms with E-state index in [1.165, 1.54) is 12.3 Å². The van der Waals surface area contributed by atoms with Gasteiger partial charge >= 0.3 is 0 Å². The van der Waals surface area contributed by atoms with Gasteiger partial charge in [-0.3, -0.25) is 0 Å². The van der Waals surface area contributed by atoms with Gasteiger partial charge in [-0.2, -0.15) is 9.49 Å². The molecule has 4 nitrogen and oxygen atoms in total. The van der Waals surface area contributed by atoms with E-state index in [9.17, 15) is 4.39 Å². The smallest absolute Gasteiger partial charge is 0.212 e. The molecule has 3 aromatic rings. The van der Waals surface area contributed by atoms with Crippen molar-refractivity contribution in [1.82, 2.24) is 19.6 Å². The van der Waals surface area contributed by atoms with Crippen LogP contribution in [0.2, 0.25) is 0 Å². The van der Waals surface area contributed by atoms with Gasteiger partial charge in [-0.1, -0.05) is 0 Å². The Bertz CT molecular complexity index is 630. The molecule has 0 aliphatic heterocycles. The third-order valence-corrected chi connectivity index (χ3v) is 2.31. The molecule has 0 aliphatic carbocycles. The van der Waals surface area contributed by atoms with Crippen molar-refractivity contribution in [3.05, 3.63) is 48.9 Å². The van der Waals surface area contributed by atoms with Gasteiger partial charge in [-0.15, -0.1) is 0 Å². The Kier molecular flexibility index (Phi) is 1.89. The van der Waals surface area contributed by atoms with E-state index in [0.29, 0.717) is 0 Å². The minimum Gasteiger partial charge on any atom is -0.236 e. The van der Waals surface area contributed by atoms with E-state index in [4.69, 9.17) is 0 Å². The lowest BCUT2D eigenvalue weighted by atomic mass is 10.1. The molecule has 0 unspecified atom stereocenters. The van der Waals surface area contributed by atoms with E-state index in [1.807, 2.05) is 12.3 Å². The molecule has 0 saturated carbocycles. The zero-order valence-electron chi connectivity index (χ0n) is 8.21. The van der Waals surface area contributed by atoms with Crippen molar-refractivity contribution in [2.45, 2.75) is 0 Å². The highest BCUT2D eigenvalue weighted by atomic mass is 19.1. The van der Waals surface area contributed by atoms with E-state index >= 15 is 0 Å². The maximum absolute atomic E-state index is 12.7. The molecule has 16 heavy (non-hydrogen) atoms. The number of rotatable bonds is 1. The second-order valence-electron chi connectivity index (χ2n) is 3.35. The Morgan fingerprint density at radius 2 is 1.88 bits per heavy atom. The van der Waals surface area contributed by atoms with Crippen LogP contribution >= 0.6 is 0 Å². The van der Waals surface area contributed by atoms with Crippen molar-refractivity contribution in [3.63, 3.8) is 0 Å². The molecule has 0 radical (unpaired) electrons. The van der Waals surface area contributed by atoms with E-state index in [1.54, 1.807) is 23.0 Å². The molecule has 0 bridgehead atoms. The number of nitrogens with zero attached hydrogens (tertiary/aromatic N) is 4. The summed E-state index contributed by atoms with van der Waals surface area (Å²) < 4.78 is 14.3. The van der Waals surface area contributed by atoms with Gasteiger partial charge < -0.3 is 0 Å². The molecule has 0 spiro atoms. The number of pyridine rings is 1. The lowest BCUT2D eigenvalue weighted by molar-refractivity contribution is 0.584. The molecule has 0 amide bonds. The van der Waals surface area contributed by atoms with Crippen molar-refractivity contribution < 1.29 is 4.39 Å². The van der Waals surface area contributed by atoms with Gasteiger partial charge in [0.1, 0.15) is 0 Å². The summed E-state index contributed by atoms with van der Waals surface area (Å²) in [5.41, 5.74) is 2.44. The van der Waals surface area contributed by atoms with E-state index in [-0.39, 0.29) is 0 Å². The molecule has 0 saturated heterocycles. The monoisotopic (exact) mass is 214 g/mol. The maximum atomic E-state index is 12.7. The van der Waals surface area contributed by atoms with E-state index < -0.39 is 5.95 Å². The highest BCUT2D eigenvalue weighted by molar-refractivity contribution is 5.61. The van der Waals surface area contributed by atoms with Crippen LogP contribution in [0.15, 0.2) is 43.0 Å². The summed E-state index contributed by atoms with van der Waals surface area (Å²) in [6.07, 6.45) is 6.69. The van der Waals surface area contributed by atoms with Crippen LogP contribution in [0.5, 0.6) is 0 Å². The zero-order valence-corrected chi connectivity index (χ0v) is 8.21. The van der Waals surface area contributed by atoms with Gasteiger partial charge in [0, 0.05) is 35.8 Å². The predicted molar refractivity (Wildman–Crippen MR) is 56.2 cm³/mol. The quantitative estimate of drug-likeness (QED) is 0.581. The molecule has 3 rings (SSSR count). The van der Waals surface area contributed by atoms with Crippen LogP contribution < -0.4 is 0 Å². The number of aromatic nitrogens is 4. The van der Waals surface area contributed by atoms with Crippen LogP contribution in [0.25, 0.3) is 16.8 Å². The van der Waals surface area contributed by atoms with Crippen molar-refractivity contribution >= 4 is 5.65 Å². The van der Waals surface area contributed by atoms with Gasteiger partial charge in [0.15, 0.2) is 5.65 Å². The van der Waals surface area contributed by atoms with E-state index in [2.05, 4.69) is 15.1 Å². The molecule has 0 atom stereocenters. The van der Waals surface area contributed by atoms with Crippen LogP contribution in [0.4, 0.5) is 4.39 Å². The SMILES string of the molecule is Fc1ccc(-c2cnc3ccnn3c2)cn1. The Labute approximate surface area is 90.4 Å². The van der Waals surface area contributed by atoms with Crippen molar-refractivity contribution in [3.8, 4) is 11.1 Å². The lowest BCUT2D eigenvalue weighted by Gasteiger charge is -2.00. The van der Waals surface area contributed by atoms with Crippen molar-refractivity contribution in [2.24, 2.45) is 0 Å². The number of fused-ring (bicyclic) bond motifs is 1. The first-order chi connectivity index (χ1) is 7.83. The third kappa shape index (κ3) is 1.42. The molecule has 0 fully saturated rings. The Morgan fingerprint density at radius 1 is 1.00 bits per heavy atom. The summed E-state index contributed by atoms with van der Waals surface area (Å²) in [4.78, 5) is 7.82. The normalized spacial score (nSPS) is 10.8. The first-order valence-corrected chi connectivity index (χ1v) is 4.74. The minimum absolute atomic E-state index is 0.489. The molecule has 78 valence electrons. The fraction of sp³-hybridized carbons (Fsp3) is 0. The largest absolute Gasteiger partial charge is 0.236 e. The first kappa shape index (κ1) is 8.96. The van der Waals surface area contributed by atoms with Crippen LogP contribution in [0, 0.1) is 5.95 Å². The molecule has 0 aliphatic rings. The standard InChI is InChI=1S/C11H7FN4/c12-10-2-1-8(5-13-10)9-6-14-11-3-4-15-16(11)7-9/h1-7H. The highest BCUT2D eigenvalue weighted by Gasteiger charge is 2.01. The summed E-state index contributed by atoms with van der Waals surface area (Å²) in [6, 6.07) is 4.80. The van der Waals surface area contributed by atoms with Gasteiger partial charge in [-0.05, 0) is 12.1 Å². The van der Waals surface area contributed by atoms with Crippen LogP contribution in [0.1, 0.15) is 0 Å². The predicted octanol–water partition coefficient (Wildman–Crippen LogP) is 1.93. The first-order valence-electron chi connectivity index (χ1n) is 4.74. The molecule has 3 aromatic heterocycles. The van der Waals surface area contributed by atoms with Gasteiger partial charge in [-0.25, -0.2) is 14.5 Å². The van der Waals surface area contributed by atoms with Crippen LogP contribution in [0.3, 0.4) is 0 Å². The fourth-order valence-corrected chi connectivity index (χ4v) is 1.51. The van der Waals surface area contributed by atoms with Gasteiger partial charge in [0.2, 0.25) is 5.95 Å². The second kappa shape index (κ2) is 3.37. The molecular formula is C11H7FN4. The average molecular weight is 214 g/mol. The maximum Gasteiger partial charge on any atom is 0.212 e. The molecule has 3 heterocycles. The third-order valence-electron chi connectivity index (χ3n) is 2.31. The fourth-order valence-electron chi connectivity index (χ4n) is 1.51. The molecule has 0 aromatic carbocycles. The summed E-state index contributed by atoms with van der Waals surface area (Å²) in [5, 5.41) is 4.08. The number of halogens is 1. The summed E-state index contributed by atoms with van der Waals surface area (Å²) in [6.45, 7) is 0. The van der Waals surface area contributed by atoms with Crippen molar-refractivity contribution in [2.75, 3.05) is 0 Å². The van der Waals surface area contributed by atoms with Gasteiger partial charge in [0.25, 0.3) is 0 Å². The van der Waals surface area contributed by atoms with Crippen LogP contribution in [-0.2, 0) is 0 Å². The Hall–Kier alpha value is -2.30.